The predicted molar refractivity (Wildman–Crippen MR) is 146 cm³/mol. The summed E-state index contributed by atoms with van der Waals surface area (Å²) in [6.45, 7) is 6.20. The van der Waals surface area contributed by atoms with Crippen molar-refractivity contribution in [2.24, 2.45) is 0 Å². The van der Waals surface area contributed by atoms with Crippen molar-refractivity contribution in [1.29, 1.82) is 0 Å². The van der Waals surface area contributed by atoms with Crippen LogP contribution in [0, 0.1) is 0 Å². The van der Waals surface area contributed by atoms with Crippen molar-refractivity contribution in [3.63, 3.8) is 0 Å². The number of fused-ring (bicyclic) bond motifs is 2. The van der Waals surface area contributed by atoms with Gasteiger partial charge in [-0.15, -0.1) is 15.3 Å². The zero-order valence-electron chi connectivity index (χ0n) is 20.8. The number of morpholine rings is 1. The lowest BCUT2D eigenvalue weighted by molar-refractivity contribution is 0.0388. The van der Waals surface area contributed by atoms with Crippen LogP contribution in [-0.4, -0.2) is 94.4 Å². The molecule has 3 N–H and O–H groups in total. The molecule has 14 heteroatoms. The standard InChI is InChI=1S/C24H29N9O3S2/c34-22(25-7-8-32-9-13-36-14-10-32)28-23-27-18-2-1-17(15-19(18)38-23)37-24-30-29-21-4-3-20(31-33(21)24)26-16-5-11-35-12-6-16/h1-4,15-16H,5-14H2,(H,26,31)(H2,25,27,28,34). The van der Waals surface area contributed by atoms with Crippen LogP contribution in [-0.2, 0) is 9.47 Å². The van der Waals surface area contributed by atoms with Crippen molar-refractivity contribution in [2.75, 3.05) is 63.2 Å². The van der Waals surface area contributed by atoms with Crippen molar-refractivity contribution < 1.29 is 14.3 Å². The number of thiazole rings is 1. The zero-order chi connectivity index (χ0) is 25.7. The van der Waals surface area contributed by atoms with Crippen LogP contribution in [0.4, 0.5) is 15.7 Å². The molecule has 0 atom stereocenters. The van der Waals surface area contributed by atoms with E-state index in [0.717, 1.165) is 79.8 Å². The van der Waals surface area contributed by atoms with Crippen LogP contribution >= 0.6 is 23.1 Å². The second-order valence-electron chi connectivity index (χ2n) is 9.09. The Hall–Kier alpha value is -3.04. The first-order chi connectivity index (χ1) is 18.7. The lowest BCUT2D eigenvalue weighted by Gasteiger charge is -2.26. The van der Waals surface area contributed by atoms with Crippen LogP contribution in [0.1, 0.15) is 12.8 Å². The van der Waals surface area contributed by atoms with E-state index in [0.29, 0.717) is 28.5 Å². The first-order valence-electron chi connectivity index (χ1n) is 12.7. The van der Waals surface area contributed by atoms with E-state index in [1.165, 1.54) is 23.1 Å². The molecule has 0 unspecified atom stereocenters. The highest BCUT2D eigenvalue weighted by Crippen LogP contribution is 2.33. The van der Waals surface area contributed by atoms with Gasteiger partial charge in [0.15, 0.2) is 10.8 Å². The molecule has 2 amide bonds. The SMILES string of the molecule is O=C(NCCN1CCOCC1)Nc1nc2ccc(Sc3nnc4ccc(NC5CCOCC5)nn34)cc2s1. The average Bonchev–Trinajstić information content (AvgIpc) is 3.52. The third kappa shape index (κ3) is 6.15. The number of nitrogens with zero attached hydrogens (tertiary/aromatic N) is 6. The van der Waals surface area contributed by atoms with E-state index in [4.69, 9.17) is 14.6 Å². The van der Waals surface area contributed by atoms with Gasteiger partial charge in [-0.3, -0.25) is 10.2 Å². The van der Waals surface area contributed by atoms with Crippen LogP contribution in [0.5, 0.6) is 0 Å². The Morgan fingerprint density at radius 1 is 1.08 bits per heavy atom. The number of benzene rings is 1. The Balaban J connectivity index is 1.08. The summed E-state index contributed by atoms with van der Waals surface area (Å²) in [5.41, 5.74) is 1.52. The molecule has 4 aromatic rings. The molecule has 1 aromatic carbocycles. The summed E-state index contributed by atoms with van der Waals surface area (Å²) in [6.07, 6.45) is 1.93. The molecule has 0 spiro atoms. The van der Waals surface area contributed by atoms with Gasteiger partial charge in [-0.25, -0.2) is 9.78 Å². The molecular weight excluding hydrogens is 526 g/mol. The molecule has 2 aliphatic heterocycles. The van der Waals surface area contributed by atoms with E-state index in [2.05, 4.69) is 36.0 Å². The lowest BCUT2D eigenvalue weighted by atomic mass is 10.1. The molecule has 2 saturated heterocycles. The number of carbonyl (C=O) groups excluding carboxylic acids is 1. The summed E-state index contributed by atoms with van der Waals surface area (Å²) in [5.74, 6) is 0.794. The van der Waals surface area contributed by atoms with Gasteiger partial charge in [-0.05, 0) is 54.9 Å². The molecule has 6 rings (SSSR count). The van der Waals surface area contributed by atoms with E-state index >= 15 is 0 Å². The van der Waals surface area contributed by atoms with Gasteiger partial charge in [0.05, 0.1) is 23.4 Å². The number of urea groups is 1. The number of aromatic nitrogens is 5. The van der Waals surface area contributed by atoms with Crippen LogP contribution in [0.25, 0.3) is 15.9 Å². The molecule has 0 radical (unpaired) electrons. The maximum atomic E-state index is 12.3. The highest BCUT2D eigenvalue weighted by atomic mass is 32.2. The molecule has 0 saturated carbocycles. The van der Waals surface area contributed by atoms with E-state index in [1.54, 1.807) is 4.52 Å². The fraction of sp³-hybridized carbons (Fsp3) is 0.458. The van der Waals surface area contributed by atoms with Gasteiger partial charge in [0, 0.05) is 50.3 Å². The lowest BCUT2D eigenvalue weighted by Crippen LogP contribution is -2.42. The van der Waals surface area contributed by atoms with Gasteiger partial charge in [0.2, 0.25) is 5.16 Å². The predicted octanol–water partition coefficient (Wildman–Crippen LogP) is 2.93. The molecule has 12 nitrogen and oxygen atoms in total. The van der Waals surface area contributed by atoms with Crippen LogP contribution < -0.4 is 16.0 Å². The number of ether oxygens (including phenoxy) is 2. The third-order valence-corrected chi connectivity index (χ3v) is 8.27. The normalized spacial score (nSPS) is 17.2. The number of rotatable bonds is 8. The number of hydrogen-bond acceptors (Lipinski definition) is 11. The molecule has 3 aromatic heterocycles. The van der Waals surface area contributed by atoms with Crippen molar-refractivity contribution in [1.82, 2.24) is 35.0 Å². The smallest absolute Gasteiger partial charge is 0.321 e. The second kappa shape index (κ2) is 11.8. The number of nitrogens with one attached hydrogen (secondary N) is 3. The van der Waals surface area contributed by atoms with Crippen molar-refractivity contribution in [2.45, 2.75) is 28.9 Å². The van der Waals surface area contributed by atoms with Crippen LogP contribution in [0.3, 0.4) is 0 Å². The summed E-state index contributed by atoms with van der Waals surface area (Å²) in [4.78, 5) is 20.2. The molecule has 38 heavy (non-hydrogen) atoms. The molecule has 0 bridgehead atoms. The Morgan fingerprint density at radius 2 is 1.92 bits per heavy atom. The van der Waals surface area contributed by atoms with Crippen molar-refractivity contribution >= 4 is 55.9 Å². The second-order valence-corrected chi connectivity index (χ2v) is 11.2. The van der Waals surface area contributed by atoms with Crippen LogP contribution in [0.2, 0.25) is 0 Å². The molecule has 2 fully saturated rings. The van der Waals surface area contributed by atoms with Gasteiger partial charge in [0.25, 0.3) is 0 Å². The highest BCUT2D eigenvalue weighted by Gasteiger charge is 2.16. The minimum Gasteiger partial charge on any atom is -0.381 e. The fourth-order valence-electron chi connectivity index (χ4n) is 4.38. The molecule has 5 heterocycles. The van der Waals surface area contributed by atoms with E-state index in [1.807, 2.05) is 30.3 Å². The number of anilines is 2. The molecule has 200 valence electrons. The highest BCUT2D eigenvalue weighted by molar-refractivity contribution is 7.99. The first-order valence-corrected chi connectivity index (χ1v) is 14.3. The minimum absolute atomic E-state index is 0.252. The maximum Gasteiger partial charge on any atom is 0.321 e. The van der Waals surface area contributed by atoms with Crippen molar-refractivity contribution in [3.05, 3.63) is 30.3 Å². The monoisotopic (exact) mass is 555 g/mol. The van der Waals surface area contributed by atoms with Gasteiger partial charge in [0.1, 0.15) is 5.82 Å². The fourth-order valence-corrected chi connectivity index (χ4v) is 6.18. The number of hydrogen-bond donors (Lipinski definition) is 3. The van der Waals surface area contributed by atoms with E-state index in [-0.39, 0.29) is 6.03 Å². The van der Waals surface area contributed by atoms with Crippen molar-refractivity contribution in [3.8, 4) is 0 Å². The Kier molecular flexibility index (Phi) is 7.83. The Bertz CT molecular complexity index is 1400. The van der Waals surface area contributed by atoms with Crippen LogP contribution in [0.15, 0.2) is 40.4 Å². The summed E-state index contributed by atoms with van der Waals surface area (Å²) in [5, 5.41) is 23.8. The van der Waals surface area contributed by atoms with Gasteiger partial charge in [-0.2, -0.15) is 4.52 Å². The molecule has 0 aliphatic carbocycles. The van der Waals surface area contributed by atoms with E-state index in [9.17, 15) is 4.79 Å². The molecule has 2 aliphatic rings. The quantitative estimate of drug-likeness (QED) is 0.298. The van der Waals surface area contributed by atoms with Gasteiger partial charge < -0.3 is 20.1 Å². The average molecular weight is 556 g/mol. The topological polar surface area (TPSA) is 131 Å². The minimum atomic E-state index is -0.252. The summed E-state index contributed by atoms with van der Waals surface area (Å²) in [6, 6.07) is 9.94. The maximum absolute atomic E-state index is 12.3. The number of amides is 2. The summed E-state index contributed by atoms with van der Waals surface area (Å²) >= 11 is 2.92. The largest absolute Gasteiger partial charge is 0.381 e. The van der Waals surface area contributed by atoms with Gasteiger partial charge in [-0.1, -0.05) is 11.3 Å². The zero-order valence-corrected chi connectivity index (χ0v) is 22.4. The number of carbonyl (C=O) groups is 1. The summed E-state index contributed by atoms with van der Waals surface area (Å²) < 4.78 is 13.5. The Labute approximate surface area is 227 Å². The first kappa shape index (κ1) is 25.2. The summed E-state index contributed by atoms with van der Waals surface area (Å²) in [7, 11) is 0. The third-order valence-electron chi connectivity index (χ3n) is 6.41. The Morgan fingerprint density at radius 3 is 2.79 bits per heavy atom. The molecular formula is C24H29N9O3S2. The van der Waals surface area contributed by atoms with Gasteiger partial charge >= 0.3 is 6.03 Å². The van der Waals surface area contributed by atoms with E-state index < -0.39 is 0 Å².